The number of halogens is 1. The van der Waals surface area contributed by atoms with Crippen molar-refractivity contribution in [3.8, 4) is 5.75 Å². The smallest absolute Gasteiger partial charge is 0.261 e. The number of thiophene rings is 1. The van der Waals surface area contributed by atoms with E-state index in [1.807, 2.05) is 14.0 Å². The Balaban J connectivity index is 1.58. The average Bonchev–Trinajstić information content (AvgIpc) is 3.21. The van der Waals surface area contributed by atoms with Crippen molar-refractivity contribution >= 4 is 39.0 Å². The van der Waals surface area contributed by atoms with E-state index in [1.54, 1.807) is 13.2 Å². The molecule has 3 aromatic rings. The van der Waals surface area contributed by atoms with E-state index in [2.05, 4.69) is 25.9 Å². The van der Waals surface area contributed by atoms with E-state index in [9.17, 15) is 9.18 Å². The molecule has 0 radical (unpaired) electrons. The molecular formula is C25H32FN5O3S. The van der Waals surface area contributed by atoms with Crippen LogP contribution < -0.4 is 20.7 Å². The molecule has 1 aliphatic rings. The normalized spacial score (nSPS) is 15.2. The van der Waals surface area contributed by atoms with Crippen molar-refractivity contribution in [1.29, 1.82) is 0 Å². The van der Waals surface area contributed by atoms with E-state index in [1.165, 1.54) is 36.2 Å². The Labute approximate surface area is 208 Å². The van der Waals surface area contributed by atoms with Crippen LogP contribution in [-0.2, 0) is 4.74 Å². The van der Waals surface area contributed by atoms with Gasteiger partial charge in [-0.15, -0.1) is 11.3 Å². The topological polar surface area (TPSA) is 97.4 Å². The van der Waals surface area contributed by atoms with Crippen LogP contribution in [0.3, 0.4) is 0 Å². The van der Waals surface area contributed by atoms with Crippen LogP contribution in [-0.4, -0.2) is 55.3 Å². The molecule has 0 aliphatic heterocycles. The molecule has 3 N–H and O–H groups in total. The number of aryl methyl sites for hydroxylation is 1. The number of carbonyl (C=O) groups is 1. The summed E-state index contributed by atoms with van der Waals surface area (Å²) >= 11 is 1.31. The predicted molar refractivity (Wildman–Crippen MR) is 136 cm³/mol. The fourth-order valence-electron chi connectivity index (χ4n) is 4.32. The Bertz CT molecular complexity index is 1170. The number of aromatic nitrogens is 2. The third-order valence-electron chi connectivity index (χ3n) is 6.23. The van der Waals surface area contributed by atoms with Crippen LogP contribution in [0, 0.1) is 12.7 Å². The standard InChI is InChI=1S/C25H32FN5O3S/c1-15-21-23(31-19-10-9-16(26)11-20(19)34-17-7-5-4-6-8-17)29-14-30-25(21)35-22(15)24(32)28-13-18(33-3)12-27-2/h9-11,14,17-18,27H,4-8,12-13H2,1-3H3,(H,28,32)(H,29,30,31). The SMILES string of the molecule is CNCC(CNC(=O)c1sc2ncnc(Nc3ccc(F)cc3OC3CCCCC3)c2c1C)OC. The third-order valence-corrected chi connectivity index (χ3v) is 7.43. The van der Waals surface area contributed by atoms with Gasteiger partial charge in [-0.05, 0) is 57.4 Å². The van der Waals surface area contributed by atoms with Gasteiger partial charge in [0.1, 0.15) is 28.5 Å². The van der Waals surface area contributed by atoms with Crippen LogP contribution in [0.2, 0.25) is 0 Å². The summed E-state index contributed by atoms with van der Waals surface area (Å²) in [5, 5.41) is 10.1. The third kappa shape index (κ3) is 6.06. The largest absolute Gasteiger partial charge is 0.488 e. The second kappa shape index (κ2) is 11.7. The minimum absolute atomic E-state index is 0.0773. The van der Waals surface area contributed by atoms with E-state index in [0.29, 0.717) is 40.1 Å². The van der Waals surface area contributed by atoms with Gasteiger partial charge < -0.3 is 25.4 Å². The minimum Gasteiger partial charge on any atom is -0.488 e. The molecule has 35 heavy (non-hydrogen) atoms. The van der Waals surface area contributed by atoms with Crippen LogP contribution in [0.5, 0.6) is 5.75 Å². The molecule has 0 bridgehead atoms. The summed E-state index contributed by atoms with van der Waals surface area (Å²) in [6.07, 6.45) is 6.79. The van der Waals surface area contributed by atoms with Gasteiger partial charge in [-0.25, -0.2) is 14.4 Å². The lowest BCUT2D eigenvalue weighted by Crippen LogP contribution is -2.38. The summed E-state index contributed by atoms with van der Waals surface area (Å²) in [4.78, 5) is 23.0. The maximum atomic E-state index is 14.1. The number of ether oxygens (including phenoxy) is 2. The first kappa shape index (κ1) is 25.3. The summed E-state index contributed by atoms with van der Waals surface area (Å²) in [6.45, 7) is 2.90. The van der Waals surface area contributed by atoms with Crippen molar-refractivity contribution < 1.29 is 18.7 Å². The number of methoxy groups -OCH3 is 1. The first-order chi connectivity index (χ1) is 17.0. The second-order valence-electron chi connectivity index (χ2n) is 8.73. The number of rotatable bonds is 10. The number of nitrogens with zero attached hydrogens (tertiary/aromatic N) is 2. The number of anilines is 2. The summed E-state index contributed by atoms with van der Waals surface area (Å²) in [5.74, 6) is 0.475. The fraction of sp³-hybridized carbons (Fsp3) is 0.480. The van der Waals surface area contributed by atoms with E-state index in [4.69, 9.17) is 9.47 Å². The van der Waals surface area contributed by atoms with Gasteiger partial charge in [0.25, 0.3) is 5.91 Å². The quantitative estimate of drug-likeness (QED) is 0.375. The van der Waals surface area contributed by atoms with E-state index < -0.39 is 0 Å². The molecule has 1 aliphatic carbocycles. The van der Waals surface area contributed by atoms with Gasteiger partial charge in [-0.2, -0.15) is 0 Å². The first-order valence-corrected chi connectivity index (χ1v) is 12.7. The lowest BCUT2D eigenvalue weighted by atomic mass is 9.98. The molecule has 10 heteroatoms. The zero-order valence-electron chi connectivity index (χ0n) is 20.3. The van der Waals surface area contributed by atoms with Crippen molar-refractivity contribution in [2.24, 2.45) is 0 Å². The first-order valence-electron chi connectivity index (χ1n) is 11.9. The molecular weight excluding hydrogens is 469 g/mol. The molecule has 1 saturated carbocycles. The molecule has 1 fully saturated rings. The zero-order valence-corrected chi connectivity index (χ0v) is 21.1. The van der Waals surface area contributed by atoms with Gasteiger partial charge in [-0.3, -0.25) is 4.79 Å². The van der Waals surface area contributed by atoms with Crippen LogP contribution >= 0.6 is 11.3 Å². The highest BCUT2D eigenvalue weighted by molar-refractivity contribution is 7.20. The van der Waals surface area contributed by atoms with E-state index in [0.717, 1.165) is 36.6 Å². The maximum absolute atomic E-state index is 14.1. The molecule has 1 amide bonds. The molecule has 2 aromatic heterocycles. The van der Waals surface area contributed by atoms with Gasteiger partial charge in [0.05, 0.1) is 28.2 Å². The van der Waals surface area contributed by atoms with Crippen LogP contribution in [0.1, 0.15) is 47.3 Å². The number of benzene rings is 1. The van der Waals surface area contributed by atoms with Gasteiger partial charge in [0.15, 0.2) is 0 Å². The number of hydrogen-bond acceptors (Lipinski definition) is 8. The Morgan fingerprint density at radius 1 is 1.23 bits per heavy atom. The van der Waals surface area contributed by atoms with Crippen molar-refractivity contribution in [3.63, 3.8) is 0 Å². The van der Waals surface area contributed by atoms with Crippen molar-refractivity contribution in [3.05, 3.63) is 40.8 Å². The number of hydrogen-bond donors (Lipinski definition) is 3. The Hall–Kier alpha value is -2.82. The van der Waals surface area contributed by atoms with Crippen molar-refractivity contribution in [2.45, 2.75) is 51.2 Å². The van der Waals surface area contributed by atoms with Crippen LogP contribution in [0.4, 0.5) is 15.9 Å². The van der Waals surface area contributed by atoms with Crippen molar-refractivity contribution in [1.82, 2.24) is 20.6 Å². The fourth-order valence-corrected chi connectivity index (χ4v) is 5.39. The number of fused-ring (bicyclic) bond motifs is 1. The Kier molecular flexibility index (Phi) is 8.48. The highest BCUT2D eigenvalue weighted by Crippen LogP contribution is 2.37. The summed E-state index contributed by atoms with van der Waals surface area (Å²) < 4.78 is 25.6. The number of nitrogens with one attached hydrogen (secondary N) is 3. The Morgan fingerprint density at radius 3 is 2.77 bits per heavy atom. The van der Waals surface area contributed by atoms with Crippen LogP contribution in [0.25, 0.3) is 10.2 Å². The van der Waals surface area contributed by atoms with Crippen LogP contribution in [0.15, 0.2) is 24.5 Å². The molecule has 4 rings (SSSR count). The molecule has 0 saturated heterocycles. The van der Waals surface area contributed by atoms with Crippen molar-refractivity contribution in [2.75, 3.05) is 32.6 Å². The van der Waals surface area contributed by atoms with Gasteiger partial charge in [-0.1, -0.05) is 6.42 Å². The van der Waals surface area contributed by atoms with Gasteiger partial charge in [0.2, 0.25) is 0 Å². The number of amides is 1. The Morgan fingerprint density at radius 2 is 2.03 bits per heavy atom. The predicted octanol–water partition coefficient (Wildman–Crippen LogP) is 4.56. The molecule has 1 atom stereocenters. The van der Waals surface area contributed by atoms with E-state index in [-0.39, 0.29) is 23.9 Å². The maximum Gasteiger partial charge on any atom is 0.261 e. The molecule has 2 heterocycles. The zero-order chi connectivity index (χ0) is 24.8. The monoisotopic (exact) mass is 501 g/mol. The van der Waals surface area contributed by atoms with Gasteiger partial charge in [0, 0.05) is 26.3 Å². The van der Waals surface area contributed by atoms with E-state index >= 15 is 0 Å². The minimum atomic E-state index is -0.354. The molecule has 188 valence electrons. The van der Waals surface area contributed by atoms with Gasteiger partial charge >= 0.3 is 0 Å². The lowest BCUT2D eigenvalue weighted by molar-refractivity contribution is 0.0834. The average molecular weight is 502 g/mol. The second-order valence-corrected chi connectivity index (χ2v) is 9.73. The molecule has 8 nitrogen and oxygen atoms in total. The molecule has 1 aromatic carbocycles. The summed E-state index contributed by atoms with van der Waals surface area (Å²) in [7, 11) is 3.46. The highest BCUT2D eigenvalue weighted by atomic mass is 32.1. The summed E-state index contributed by atoms with van der Waals surface area (Å²) in [6, 6.07) is 4.46. The molecule has 1 unspecified atom stereocenters. The number of likely N-dealkylation sites (N-methyl/N-ethyl adjacent to an activating group) is 1. The number of carbonyl (C=O) groups excluding carboxylic acids is 1. The summed E-state index contributed by atoms with van der Waals surface area (Å²) in [5.41, 5.74) is 1.41. The lowest BCUT2D eigenvalue weighted by Gasteiger charge is -2.24. The molecule has 0 spiro atoms. The highest BCUT2D eigenvalue weighted by Gasteiger charge is 2.22.